The molecular formula is C16H16BrNO3. The third kappa shape index (κ3) is 2.83. The number of hydrogen-bond acceptors (Lipinski definition) is 3. The average Bonchev–Trinajstić information content (AvgIpc) is 2.86. The van der Waals surface area contributed by atoms with Crippen LogP contribution < -0.4 is 10.1 Å². The summed E-state index contributed by atoms with van der Waals surface area (Å²) in [7, 11) is 0. The van der Waals surface area contributed by atoms with Gasteiger partial charge in [-0.25, -0.2) is 0 Å². The second kappa shape index (κ2) is 5.56. The molecule has 1 aliphatic rings. The van der Waals surface area contributed by atoms with Gasteiger partial charge in [0.2, 0.25) is 0 Å². The van der Waals surface area contributed by atoms with Crippen molar-refractivity contribution in [1.29, 1.82) is 0 Å². The summed E-state index contributed by atoms with van der Waals surface area (Å²) in [4.78, 5) is 12.2. The Kier molecular flexibility index (Phi) is 3.76. The van der Waals surface area contributed by atoms with Crippen molar-refractivity contribution >= 4 is 21.8 Å². The van der Waals surface area contributed by atoms with Crippen molar-refractivity contribution in [3.63, 3.8) is 0 Å². The molecule has 1 aromatic heterocycles. The minimum Gasteiger partial charge on any atom is -0.493 e. The molecule has 1 aromatic carbocycles. The first-order valence-corrected chi connectivity index (χ1v) is 7.64. The first-order chi connectivity index (χ1) is 10.0. The van der Waals surface area contributed by atoms with Gasteiger partial charge in [-0.1, -0.05) is 17.7 Å². The molecule has 1 amide bonds. The van der Waals surface area contributed by atoms with Gasteiger partial charge in [0.1, 0.15) is 5.75 Å². The number of rotatable bonds is 2. The first-order valence-electron chi connectivity index (χ1n) is 6.85. The van der Waals surface area contributed by atoms with Gasteiger partial charge in [-0.05, 0) is 47.5 Å². The zero-order valence-electron chi connectivity index (χ0n) is 11.9. The van der Waals surface area contributed by atoms with Crippen molar-refractivity contribution in [2.75, 3.05) is 6.61 Å². The van der Waals surface area contributed by atoms with E-state index in [1.807, 2.05) is 13.8 Å². The third-order valence-corrected chi connectivity index (χ3v) is 4.00. The Morgan fingerprint density at radius 2 is 2.14 bits per heavy atom. The summed E-state index contributed by atoms with van der Waals surface area (Å²) >= 11 is 3.20. The Labute approximate surface area is 131 Å². The van der Waals surface area contributed by atoms with Crippen molar-refractivity contribution in [3.05, 3.63) is 51.4 Å². The van der Waals surface area contributed by atoms with Crippen molar-refractivity contribution in [1.82, 2.24) is 5.32 Å². The van der Waals surface area contributed by atoms with Crippen LogP contribution in [-0.4, -0.2) is 12.5 Å². The van der Waals surface area contributed by atoms with Crippen LogP contribution in [0.2, 0.25) is 0 Å². The SMILES string of the molecule is Cc1cc(C)c2c(c1)C(NC(=O)c1ccc(Br)o1)CCO2. The normalized spacial score (nSPS) is 17.0. The van der Waals surface area contributed by atoms with Gasteiger partial charge in [0.15, 0.2) is 10.4 Å². The zero-order chi connectivity index (χ0) is 15.0. The van der Waals surface area contributed by atoms with Gasteiger partial charge >= 0.3 is 0 Å². The Balaban J connectivity index is 1.87. The fourth-order valence-electron chi connectivity index (χ4n) is 2.69. The predicted molar refractivity (Wildman–Crippen MR) is 82.6 cm³/mol. The Bertz CT molecular complexity index is 693. The molecule has 3 rings (SSSR count). The Morgan fingerprint density at radius 1 is 1.33 bits per heavy atom. The fourth-order valence-corrected chi connectivity index (χ4v) is 3.00. The summed E-state index contributed by atoms with van der Waals surface area (Å²) in [6, 6.07) is 7.48. The molecule has 0 aliphatic carbocycles. The highest BCUT2D eigenvalue weighted by Gasteiger charge is 2.25. The molecule has 1 atom stereocenters. The molecule has 0 spiro atoms. The molecule has 1 N–H and O–H groups in total. The first kappa shape index (κ1) is 14.2. The van der Waals surface area contributed by atoms with Gasteiger partial charge in [-0.3, -0.25) is 4.79 Å². The highest BCUT2D eigenvalue weighted by molar-refractivity contribution is 9.10. The standard InChI is InChI=1S/C16H16BrNO3/c1-9-7-10(2)15-11(8-9)12(5-6-20-15)18-16(19)13-3-4-14(17)21-13/h3-4,7-8,12H,5-6H2,1-2H3,(H,18,19). The number of hydrogen-bond donors (Lipinski definition) is 1. The van der Waals surface area contributed by atoms with Gasteiger partial charge in [0.25, 0.3) is 5.91 Å². The van der Waals surface area contributed by atoms with Crippen LogP contribution in [0.15, 0.2) is 33.4 Å². The Hall–Kier alpha value is -1.75. The maximum Gasteiger partial charge on any atom is 0.287 e. The Morgan fingerprint density at radius 3 is 2.86 bits per heavy atom. The van der Waals surface area contributed by atoms with E-state index in [2.05, 4.69) is 33.4 Å². The highest BCUT2D eigenvalue weighted by Crippen LogP contribution is 2.35. The number of fused-ring (bicyclic) bond motifs is 1. The molecule has 0 radical (unpaired) electrons. The number of nitrogens with one attached hydrogen (secondary N) is 1. The second-order valence-corrected chi connectivity index (χ2v) is 6.05. The molecule has 1 aliphatic heterocycles. The van der Waals surface area contributed by atoms with Crippen molar-refractivity contribution in [3.8, 4) is 5.75 Å². The summed E-state index contributed by atoms with van der Waals surface area (Å²) in [5, 5.41) is 3.03. The third-order valence-electron chi connectivity index (χ3n) is 3.58. The number of carbonyl (C=O) groups is 1. The van der Waals surface area contributed by atoms with E-state index >= 15 is 0 Å². The van der Waals surface area contributed by atoms with Gasteiger partial charge in [0.05, 0.1) is 12.6 Å². The average molecular weight is 350 g/mol. The number of ether oxygens (including phenoxy) is 1. The van der Waals surface area contributed by atoms with E-state index in [9.17, 15) is 4.79 Å². The lowest BCUT2D eigenvalue weighted by Gasteiger charge is -2.28. The highest BCUT2D eigenvalue weighted by atomic mass is 79.9. The van der Waals surface area contributed by atoms with Crippen LogP contribution in [0, 0.1) is 13.8 Å². The molecule has 0 saturated carbocycles. The number of amides is 1. The van der Waals surface area contributed by atoms with Crippen molar-refractivity contribution in [2.45, 2.75) is 26.3 Å². The molecule has 4 nitrogen and oxygen atoms in total. The van der Waals surface area contributed by atoms with Crippen molar-refractivity contribution < 1.29 is 13.9 Å². The lowest BCUT2D eigenvalue weighted by molar-refractivity contribution is 0.0895. The number of halogens is 1. The predicted octanol–water partition coefficient (Wildman–Crippen LogP) is 3.91. The molecular weight excluding hydrogens is 334 g/mol. The van der Waals surface area contributed by atoms with Crippen LogP contribution in [0.5, 0.6) is 5.75 Å². The minimum atomic E-state index is -0.210. The number of benzene rings is 1. The molecule has 0 bridgehead atoms. The summed E-state index contributed by atoms with van der Waals surface area (Å²) in [5.41, 5.74) is 3.30. The van der Waals surface area contributed by atoms with Gasteiger partial charge in [-0.15, -0.1) is 0 Å². The van der Waals surface area contributed by atoms with E-state index in [-0.39, 0.29) is 11.9 Å². The molecule has 5 heteroatoms. The fraction of sp³-hybridized carbons (Fsp3) is 0.312. The molecule has 110 valence electrons. The number of carbonyl (C=O) groups excluding carboxylic acids is 1. The minimum absolute atomic E-state index is 0.0521. The summed E-state index contributed by atoms with van der Waals surface area (Å²) < 4.78 is 11.6. The van der Waals surface area contributed by atoms with Crippen LogP contribution in [0.1, 0.15) is 39.7 Å². The summed E-state index contributed by atoms with van der Waals surface area (Å²) in [6.45, 7) is 4.67. The number of furan rings is 1. The topological polar surface area (TPSA) is 51.5 Å². The zero-order valence-corrected chi connectivity index (χ0v) is 13.5. The molecule has 1 unspecified atom stereocenters. The smallest absolute Gasteiger partial charge is 0.287 e. The van der Waals surface area contributed by atoms with Crippen LogP contribution in [0.4, 0.5) is 0 Å². The quantitative estimate of drug-likeness (QED) is 0.893. The van der Waals surface area contributed by atoms with E-state index in [0.717, 1.165) is 28.9 Å². The van der Waals surface area contributed by atoms with Crippen LogP contribution in [0.3, 0.4) is 0 Å². The molecule has 0 saturated heterocycles. The summed E-state index contributed by atoms with van der Waals surface area (Å²) in [5.74, 6) is 0.981. The van der Waals surface area contributed by atoms with E-state index < -0.39 is 0 Å². The van der Waals surface area contributed by atoms with Gasteiger partial charge < -0.3 is 14.5 Å². The largest absolute Gasteiger partial charge is 0.493 e. The molecule has 21 heavy (non-hydrogen) atoms. The molecule has 0 fully saturated rings. The lowest BCUT2D eigenvalue weighted by Crippen LogP contribution is -2.32. The maximum absolute atomic E-state index is 12.2. The second-order valence-electron chi connectivity index (χ2n) is 5.27. The number of aryl methyl sites for hydroxylation is 2. The van der Waals surface area contributed by atoms with Gasteiger partial charge in [0, 0.05) is 12.0 Å². The maximum atomic E-state index is 12.2. The monoisotopic (exact) mass is 349 g/mol. The van der Waals surface area contributed by atoms with E-state index in [4.69, 9.17) is 9.15 Å². The van der Waals surface area contributed by atoms with Crippen LogP contribution in [-0.2, 0) is 0 Å². The van der Waals surface area contributed by atoms with Crippen LogP contribution >= 0.6 is 15.9 Å². The van der Waals surface area contributed by atoms with Crippen LogP contribution in [0.25, 0.3) is 0 Å². The molecule has 2 aromatic rings. The van der Waals surface area contributed by atoms with E-state index in [0.29, 0.717) is 17.0 Å². The van der Waals surface area contributed by atoms with E-state index in [1.54, 1.807) is 12.1 Å². The van der Waals surface area contributed by atoms with Gasteiger partial charge in [-0.2, -0.15) is 0 Å². The van der Waals surface area contributed by atoms with E-state index in [1.165, 1.54) is 0 Å². The van der Waals surface area contributed by atoms with Crippen molar-refractivity contribution in [2.24, 2.45) is 0 Å². The molecule has 2 heterocycles. The lowest BCUT2D eigenvalue weighted by atomic mass is 9.95. The summed E-state index contributed by atoms with van der Waals surface area (Å²) in [6.07, 6.45) is 0.753.